The van der Waals surface area contributed by atoms with Crippen LogP contribution in [-0.4, -0.2) is 100 Å². The number of hydrogen-bond acceptors (Lipinski definition) is 9. The van der Waals surface area contributed by atoms with Crippen LogP contribution in [0.5, 0.6) is 0 Å². The largest absolute Gasteiger partial charge is 0.444 e. The minimum absolute atomic E-state index is 0.0106. The van der Waals surface area contributed by atoms with Gasteiger partial charge in [-0.1, -0.05) is 19.6 Å². The normalized spacial score (nSPS) is 17.9. The molecule has 272 valence electrons. The summed E-state index contributed by atoms with van der Waals surface area (Å²) in [7, 11) is -2.91. The highest BCUT2D eigenvalue weighted by Crippen LogP contribution is 2.43. The van der Waals surface area contributed by atoms with E-state index in [0.717, 1.165) is 17.7 Å². The molecule has 2 aliphatic heterocycles. The summed E-state index contributed by atoms with van der Waals surface area (Å²) in [5.74, 6) is 0.524. The van der Waals surface area contributed by atoms with Gasteiger partial charge in [0, 0.05) is 58.1 Å². The van der Waals surface area contributed by atoms with Crippen LogP contribution in [-0.2, 0) is 46.1 Å². The summed E-state index contributed by atoms with van der Waals surface area (Å²) < 4.78 is 69.4. The number of amides is 1. The number of carbonyl (C=O) groups excluding carboxylic acids is 1. The van der Waals surface area contributed by atoms with Crippen molar-refractivity contribution in [1.29, 1.82) is 0 Å². The van der Waals surface area contributed by atoms with Crippen molar-refractivity contribution in [3.05, 3.63) is 46.6 Å². The van der Waals surface area contributed by atoms with E-state index in [2.05, 4.69) is 39.6 Å². The quantitative estimate of drug-likeness (QED) is 0.117. The van der Waals surface area contributed by atoms with E-state index in [9.17, 15) is 22.2 Å². The molecule has 0 radical (unpaired) electrons. The molecular formula is C33H45F3N8O4SSi. The van der Waals surface area contributed by atoms with E-state index >= 15 is 0 Å². The van der Waals surface area contributed by atoms with Crippen LogP contribution in [0.3, 0.4) is 0 Å². The SMILES string of the molecule is [C-]#[N+]CC1CN(c2nc(S(C)=O)nc3c2CCN(c2c(C(F)(F)F)ccc4c2cnn4COCC[Si](C)(C)C)C3)CCN1C(=O)OC(C)(C)C. The Hall–Kier alpha value is -3.75. The molecule has 2 aromatic heterocycles. The minimum Gasteiger partial charge on any atom is -0.444 e. The van der Waals surface area contributed by atoms with E-state index in [0.29, 0.717) is 42.0 Å². The van der Waals surface area contributed by atoms with Gasteiger partial charge in [0.25, 0.3) is 0 Å². The molecule has 0 saturated carbocycles. The standard InChI is InChI=1S/C33H45F3N8O4SSi/c1-32(2,3)48-31(45)43-14-13-42(19-22(43)17-37-4)29-23-11-12-41(20-26(23)39-30(40-29)49(5)46)28-24-18-38-44(21-47-15-16-50(6,7)8)27(24)10-9-25(28)33(34,35)36/h9-10,18,22H,11-17,19-21H2,1-3,5-8H3. The molecule has 1 amide bonds. The number of ether oxygens (including phenoxy) is 2. The fraction of sp³-hybridized carbons (Fsp3) is 0.606. The van der Waals surface area contributed by atoms with E-state index in [-0.39, 0.29) is 50.3 Å². The van der Waals surface area contributed by atoms with E-state index in [1.807, 2.05) is 4.90 Å². The Labute approximate surface area is 294 Å². The molecule has 17 heteroatoms. The van der Waals surface area contributed by atoms with Gasteiger partial charge in [0.2, 0.25) is 11.7 Å². The number of aromatic nitrogens is 4. The number of rotatable bonds is 9. The second-order valence-corrected chi connectivity index (χ2v) is 21.8. The van der Waals surface area contributed by atoms with Crippen LogP contribution in [0.1, 0.15) is 37.6 Å². The van der Waals surface area contributed by atoms with Gasteiger partial charge in [0.15, 0.2) is 0 Å². The molecule has 0 spiro atoms. The van der Waals surface area contributed by atoms with Crippen LogP contribution in [0.25, 0.3) is 15.7 Å². The summed E-state index contributed by atoms with van der Waals surface area (Å²) in [6.45, 7) is 21.5. The van der Waals surface area contributed by atoms with Crippen LogP contribution in [0.2, 0.25) is 25.7 Å². The van der Waals surface area contributed by atoms with Crippen molar-refractivity contribution >= 4 is 47.4 Å². The molecule has 0 N–H and O–H groups in total. The van der Waals surface area contributed by atoms with Gasteiger partial charge < -0.3 is 24.1 Å². The fourth-order valence-electron chi connectivity index (χ4n) is 6.18. The zero-order chi connectivity index (χ0) is 36.6. The van der Waals surface area contributed by atoms with Crippen molar-refractivity contribution in [1.82, 2.24) is 24.6 Å². The maximum absolute atomic E-state index is 14.5. The molecule has 2 unspecified atom stereocenters. The second-order valence-electron chi connectivity index (χ2n) is 14.9. The van der Waals surface area contributed by atoms with Gasteiger partial charge in [-0.25, -0.2) is 26.0 Å². The van der Waals surface area contributed by atoms with Crippen LogP contribution in [0, 0.1) is 6.57 Å². The van der Waals surface area contributed by atoms with Crippen LogP contribution in [0.4, 0.5) is 29.5 Å². The van der Waals surface area contributed by atoms with Crippen LogP contribution < -0.4 is 9.80 Å². The number of carbonyl (C=O) groups is 1. The van der Waals surface area contributed by atoms with Gasteiger partial charge in [0.05, 0.1) is 46.0 Å². The zero-order valence-electron chi connectivity index (χ0n) is 29.6. The summed E-state index contributed by atoms with van der Waals surface area (Å²) in [6.07, 6.45) is -1.90. The summed E-state index contributed by atoms with van der Waals surface area (Å²) in [5, 5.41) is 4.82. The first-order chi connectivity index (χ1) is 23.4. The highest BCUT2D eigenvalue weighted by atomic mass is 32.2. The third-order valence-electron chi connectivity index (χ3n) is 8.62. The molecule has 50 heavy (non-hydrogen) atoms. The predicted octanol–water partition coefficient (Wildman–Crippen LogP) is 5.80. The average Bonchev–Trinajstić information content (AvgIpc) is 3.43. The van der Waals surface area contributed by atoms with Gasteiger partial charge in [-0.3, -0.25) is 9.11 Å². The number of piperazine rings is 1. The van der Waals surface area contributed by atoms with Gasteiger partial charge in [-0.15, -0.1) is 0 Å². The number of alkyl halides is 3. The molecule has 0 aliphatic carbocycles. The summed E-state index contributed by atoms with van der Waals surface area (Å²) in [5.41, 5.74) is 0.284. The maximum Gasteiger partial charge on any atom is 0.418 e. The third kappa shape index (κ3) is 8.57. The molecule has 3 aromatic rings. The minimum atomic E-state index is -4.63. The number of nitrogens with zero attached hydrogens (tertiary/aromatic N) is 8. The first kappa shape index (κ1) is 37.5. The van der Waals surface area contributed by atoms with Crippen molar-refractivity contribution in [2.45, 2.75) is 89.1 Å². The second kappa shape index (κ2) is 14.5. The highest BCUT2D eigenvalue weighted by molar-refractivity contribution is 7.84. The molecule has 1 aromatic carbocycles. The topological polar surface area (TPSA) is 110 Å². The lowest BCUT2D eigenvalue weighted by Gasteiger charge is -2.41. The fourth-order valence-corrected chi connectivity index (χ4v) is 7.39. The molecule has 1 fully saturated rings. The Bertz CT molecular complexity index is 1800. The third-order valence-corrected chi connectivity index (χ3v) is 11.0. The predicted molar refractivity (Wildman–Crippen MR) is 188 cm³/mol. The first-order valence-electron chi connectivity index (χ1n) is 16.6. The molecule has 2 aliphatic rings. The number of anilines is 2. The number of hydrogen-bond donors (Lipinski definition) is 0. The maximum atomic E-state index is 14.5. The van der Waals surface area contributed by atoms with Gasteiger partial charge in [-0.2, -0.15) is 18.3 Å². The average molecular weight is 735 g/mol. The Morgan fingerprint density at radius 1 is 1.12 bits per heavy atom. The van der Waals surface area contributed by atoms with Crippen molar-refractivity contribution in [3.8, 4) is 0 Å². The number of fused-ring (bicyclic) bond motifs is 2. The summed E-state index contributed by atoms with van der Waals surface area (Å²) >= 11 is 0. The molecule has 4 heterocycles. The molecule has 12 nitrogen and oxygen atoms in total. The van der Waals surface area contributed by atoms with Crippen molar-refractivity contribution < 1.29 is 31.6 Å². The number of benzene rings is 1. The Balaban J connectivity index is 1.47. The summed E-state index contributed by atoms with van der Waals surface area (Å²) in [6, 6.07) is 2.99. The molecular weight excluding hydrogens is 690 g/mol. The summed E-state index contributed by atoms with van der Waals surface area (Å²) in [4.78, 5) is 31.0. The van der Waals surface area contributed by atoms with Gasteiger partial charge in [0.1, 0.15) is 24.2 Å². The van der Waals surface area contributed by atoms with Crippen LogP contribution in [0.15, 0.2) is 23.5 Å². The monoisotopic (exact) mass is 734 g/mol. The molecule has 5 rings (SSSR count). The van der Waals surface area contributed by atoms with Crippen molar-refractivity contribution in [2.75, 3.05) is 55.4 Å². The van der Waals surface area contributed by atoms with E-state index in [1.54, 1.807) is 35.3 Å². The zero-order valence-corrected chi connectivity index (χ0v) is 31.4. The first-order valence-corrected chi connectivity index (χ1v) is 21.8. The highest BCUT2D eigenvalue weighted by Gasteiger charge is 2.40. The van der Waals surface area contributed by atoms with Crippen molar-refractivity contribution in [2.24, 2.45) is 0 Å². The van der Waals surface area contributed by atoms with Gasteiger partial charge >= 0.3 is 12.3 Å². The number of halogens is 3. The Morgan fingerprint density at radius 2 is 1.86 bits per heavy atom. The van der Waals surface area contributed by atoms with Gasteiger partial charge in [-0.05, 0) is 45.4 Å². The van der Waals surface area contributed by atoms with E-state index < -0.39 is 48.3 Å². The lowest BCUT2D eigenvalue weighted by molar-refractivity contribution is -0.137. The lowest BCUT2D eigenvalue weighted by atomic mass is 10.0. The Kier molecular flexibility index (Phi) is 10.9. The molecule has 1 saturated heterocycles. The smallest absolute Gasteiger partial charge is 0.418 e. The van der Waals surface area contributed by atoms with E-state index in [1.165, 1.54) is 18.5 Å². The lowest BCUT2D eigenvalue weighted by Crippen LogP contribution is -2.57. The Morgan fingerprint density at radius 3 is 2.50 bits per heavy atom. The molecule has 2 atom stereocenters. The van der Waals surface area contributed by atoms with E-state index in [4.69, 9.17) is 16.0 Å². The van der Waals surface area contributed by atoms with Crippen LogP contribution >= 0.6 is 0 Å². The molecule has 0 bridgehead atoms. The van der Waals surface area contributed by atoms with Crippen molar-refractivity contribution in [3.63, 3.8) is 0 Å².